The molecule has 42 valence electrons. The Balaban J connectivity index is 2.33. The molecular formula is C5H10AtN. The third-order valence-corrected chi connectivity index (χ3v) is 3.70. The van der Waals surface area contributed by atoms with Gasteiger partial charge in [-0.1, -0.05) is 0 Å². The summed E-state index contributed by atoms with van der Waals surface area (Å²) in [5.41, 5.74) is 0. The molecular weight excluding hydrogens is 284 g/mol. The molecule has 0 aliphatic carbocycles. The van der Waals surface area contributed by atoms with Crippen molar-refractivity contribution in [2.75, 3.05) is 13.1 Å². The summed E-state index contributed by atoms with van der Waals surface area (Å²) in [5, 5.41) is 3.34. The Morgan fingerprint density at radius 2 is 2.29 bits per heavy atom. The summed E-state index contributed by atoms with van der Waals surface area (Å²) in [7, 11) is 0. The molecule has 0 aromatic heterocycles. The zero-order valence-corrected chi connectivity index (χ0v) is 7.39. The van der Waals surface area contributed by atoms with E-state index in [2.05, 4.69) is 12.2 Å². The van der Waals surface area contributed by atoms with Gasteiger partial charge in [0.05, 0.1) is 0 Å². The summed E-state index contributed by atoms with van der Waals surface area (Å²) in [5.74, 6) is 0.927. The maximum atomic E-state index is 3.34. The normalized spacial score (nSPS) is 42.0. The van der Waals surface area contributed by atoms with Crippen molar-refractivity contribution in [2.24, 2.45) is 5.92 Å². The Kier molecular flexibility index (Phi) is 2.06. The van der Waals surface area contributed by atoms with E-state index >= 15 is 0 Å². The Morgan fingerprint density at radius 1 is 1.57 bits per heavy atom. The summed E-state index contributed by atoms with van der Waals surface area (Å²) in [6, 6.07) is 0. The van der Waals surface area contributed by atoms with Gasteiger partial charge >= 0.3 is 59.6 Å². The van der Waals surface area contributed by atoms with Crippen LogP contribution in [0.2, 0.25) is 3.63 Å². The van der Waals surface area contributed by atoms with Crippen LogP contribution < -0.4 is 5.32 Å². The molecule has 0 bridgehead atoms. The monoisotopic (exact) mass is 294 g/mol. The number of nitrogens with one attached hydrogen (secondary N) is 1. The van der Waals surface area contributed by atoms with Gasteiger partial charge in [0, 0.05) is 0 Å². The van der Waals surface area contributed by atoms with Gasteiger partial charge in [-0.3, -0.25) is 0 Å². The first kappa shape index (κ1) is 5.97. The van der Waals surface area contributed by atoms with E-state index in [1.165, 1.54) is 13.1 Å². The van der Waals surface area contributed by atoms with E-state index in [1.54, 1.807) is 0 Å². The van der Waals surface area contributed by atoms with Crippen LogP contribution in [0, 0.1) is 30.6 Å². The van der Waals surface area contributed by atoms with Crippen LogP contribution in [0.1, 0.15) is 6.92 Å². The van der Waals surface area contributed by atoms with Crippen LogP contribution in [0.4, 0.5) is 0 Å². The molecule has 1 N–H and O–H groups in total. The Morgan fingerprint density at radius 3 is 2.43 bits per heavy atom. The number of rotatable bonds is 0. The molecule has 1 heterocycles. The predicted octanol–water partition coefficient (Wildman–Crippen LogP) is 0.563. The van der Waals surface area contributed by atoms with E-state index < -0.39 is 0 Å². The van der Waals surface area contributed by atoms with Crippen molar-refractivity contribution in [3.8, 4) is 0 Å². The molecule has 0 spiro atoms. The summed E-state index contributed by atoms with van der Waals surface area (Å²) < 4.78 is 0.958. The first-order valence-electron chi connectivity index (χ1n) is 2.65. The van der Waals surface area contributed by atoms with Crippen molar-refractivity contribution in [3.63, 3.8) is 0 Å². The minimum atomic E-state index is 0.927. The zero-order valence-electron chi connectivity index (χ0n) is 4.45. The predicted molar refractivity (Wildman–Crippen MR) is 25.8 cm³/mol. The second kappa shape index (κ2) is 2.41. The van der Waals surface area contributed by atoms with Crippen LogP contribution in [0.5, 0.6) is 0 Å². The first-order valence-corrected chi connectivity index (χ1v) is 4.35. The molecule has 0 aromatic carbocycles. The summed E-state index contributed by atoms with van der Waals surface area (Å²) in [4.78, 5) is 0. The molecule has 2 atom stereocenters. The standard InChI is InChI=1S/C5H10AtN/c1-4-2-7-3-5(4)6/h4-5,7H,2-3H2,1H3/t4-,5?/m0/s1. The molecule has 7 heavy (non-hydrogen) atoms. The SMILES string of the molecule is C[C@H]1CNCC1[At]. The molecule has 1 unspecified atom stereocenters. The average molecular weight is 294 g/mol. The van der Waals surface area contributed by atoms with Crippen LogP contribution >= 0.6 is 0 Å². The maximum absolute atomic E-state index is 3.34. The fraction of sp³-hybridized carbons (Fsp3) is 1.00. The molecule has 1 aliphatic rings. The molecule has 0 radical (unpaired) electrons. The molecule has 1 rings (SSSR count). The van der Waals surface area contributed by atoms with Crippen molar-refractivity contribution < 1.29 is 24.7 Å². The Labute approximate surface area is 59.7 Å². The average Bonchev–Trinajstić information content (AvgIpc) is 1.91. The van der Waals surface area contributed by atoms with E-state index in [0.717, 1.165) is 9.54 Å². The molecule has 1 aliphatic heterocycles. The molecule has 0 aromatic rings. The van der Waals surface area contributed by atoms with Gasteiger partial charge < -0.3 is 0 Å². The summed E-state index contributed by atoms with van der Waals surface area (Å²) >= 11 is 1.93. The second-order valence-electron chi connectivity index (χ2n) is 2.15. The summed E-state index contributed by atoms with van der Waals surface area (Å²) in [6.45, 7) is 4.80. The van der Waals surface area contributed by atoms with E-state index in [1.807, 2.05) is 24.7 Å². The summed E-state index contributed by atoms with van der Waals surface area (Å²) in [6.07, 6.45) is 0. The fourth-order valence-electron chi connectivity index (χ4n) is 0.778. The van der Waals surface area contributed by atoms with E-state index in [4.69, 9.17) is 0 Å². The Hall–Kier alpha value is 0.843. The van der Waals surface area contributed by atoms with Crippen LogP contribution in [0.15, 0.2) is 0 Å². The van der Waals surface area contributed by atoms with Crippen molar-refractivity contribution in [1.82, 2.24) is 5.32 Å². The van der Waals surface area contributed by atoms with Crippen LogP contribution in [-0.2, 0) is 0 Å². The number of hydrogen-bond donors (Lipinski definition) is 1. The van der Waals surface area contributed by atoms with Gasteiger partial charge in [0.15, 0.2) is 0 Å². The fourth-order valence-corrected chi connectivity index (χ4v) is 1.55. The van der Waals surface area contributed by atoms with Gasteiger partial charge in [-0.15, -0.1) is 0 Å². The molecule has 1 fully saturated rings. The third-order valence-electron chi connectivity index (χ3n) is 1.42. The minimum absolute atomic E-state index is 0.927. The van der Waals surface area contributed by atoms with Gasteiger partial charge in [-0.05, 0) is 0 Å². The van der Waals surface area contributed by atoms with E-state index in [-0.39, 0.29) is 0 Å². The van der Waals surface area contributed by atoms with Gasteiger partial charge in [0.25, 0.3) is 0 Å². The van der Waals surface area contributed by atoms with Crippen molar-refractivity contribution in [3.05, 3.63) is 0 Å². The Bertz CT molecular complexity index is 57.1. The van der Waals surface area contributed by atoms with E-state index in [9.17, 15) is 0 Å². The van der Waals surface area contributed by atoms with Gasteiger partial charge in [0.1, 0.15) is 0 Å². The quantitative estimate of drug-likeness (QED) is 0.688. The van der Waals surface area contributed by atoms with Crippen molar-refractivity contribution >= 4 is 0 Å². The second-order valence-corrected chi connectivity index (χ2v) is 4.33. The molecule has 0 amide bonds. The van der Waals surface area contributed by atoms with Gasteiger partial charge in [-0.25, -0.2) is 0 Å². The van der Waals surface area contributed by atoms with Crippen LogP contribution in [0.25, 0.3) is 0 Å². The van der Waals surface area contributed by atoms with Crippen molar-refractivity contribution in [2.45, 2.75) is 10.5 Å². The molecule has 0 saturated carbocycles. The molecule has 2 heteroatoms. The third kappa shape index (κ3) is 1.37. The van der Waals surface area contributed by atoms with E-state index in [0.29, 0.717) is 0 Å². The number of hydrogen-bond acceptors (Lipinski definition) is 1. The van der Waals surface area contributed by atoms with Gasteiger partial charge in [0.2, 0.25) is 0 Å². The van der Waals surface area contributed by atoms with Crippen LogP contribution in [0.3, 0.4) is 0 Å². The molecule has 1 nitrogen and oxygen atoms in total. The topological polar surface area (TPSA) is 12.0 Å². The molecule has 1 saturated heterocycles. The van der Waals surface area contributed by atoms with Crippen LogP contribution in [-0.4, -0.2) is 13.1 Å². The first-order chi connectivity index (χ1) is 3.30. The van der Waals surface area contributed by atoms with Gasteiger partial charge in [-0.2, -0.15) is 0 Å². The van der Waals surface area contributed by atoms with Crippen molar-refractivity contribution in [1.29, 1.82) is 0 Å². The zero-order chi connectivity index (χ0) is 5.28.